The summed E-state index contributed by atoms with van der Waals surface area (Å²) < 4.78 is 32.2. The van der Waals surface area contributed by atoms with E-state index in [9.17, 15) is 13.6 Å². The highest BCUT2D eigenvalue weighted by Crippen LogP contribution is 2.18. The van der Waals surface area contributed by atoms with Gasteiger partial charge in [-0.2, -0.15) is 0 Å². The van der Waals surface area contributed by atoms with Crippen molar-refractivity contribution in [2.75, 3.05) is 10.6 Å². The minimum atomic E-state index is -0.868. The Morgan fingerprint density at radius 1 is 1.08 bits per heavy atom. The normalized spacial score (nSPS) is 10.4. The van der Waals surface area contributed by atoms with Crippen molar-refractivity contribution in [3.8, 4) is 0 Å². The van der Waals surface area contributed by atoms with Crippen LogP contribution in [0.1, 0.15) is 16.2 Å². The van der Waals surface area contributed by atoms with Crippen LogP contribution in [0.4, 0.5) is 20.3 Å². The molecule has 2 heterocycles. The Bertz CT molecular complexity index is 816. The van der Waals surface area contributed by atoms with Crippen molar-refractivity contribution in [1.82, 2.24) is 9.97 Å². The Kier molecular flexibility index (Phi) is 4.46. The lowest BCUT2D eigenvalue weighted by Crippen LogP contribution is -2.16. The molecule has 0 saturated heterocycles. The average molecular weight is 330 g/mol. The Balaban J connectivity index is 1.65. The first-order chi connectivity index (χ1) is 11.6. The molecule has 0 spiro atoms. The molecule has 2 aromatic heterocycles. The second-order valence-corrected chi connectivity index (χ2v) is 4.77. The maximum Gasteiger partial charge on any atom is 0.276 e. The lowest BCUT2D eigenvalue weighted by molar-refractivity contribution is 0.102. The molecule has 0 aliphatic rings. The van der Waals surface area contributed by atoms with Gasteiger partial charge in [-0.25, -0.2) is 18.7 Å². The van der Waals surface area contributed by atoms with Crippen LogP contribution in [-0.2, 0) is 6.54 Å². The maximum absolute atomic E-state index is 13.5. The molecule has 122 valence electrons. The van der Waals surface area contributed by atoms with Crippen molar-refractivity contribution in [1.29, 1.82) is 0 Å². The summed E-state index contributed by atoms with van der Waals surface area (Å²) in [4.78, 5) is 19.9. The standard InChI is InChI=1S/C16H12F2N4O2/c17-11-4-1-5-12(18)15(11)22-16(23)13-8-21-14(9-19-13)20-7-10-3-2-6-24-10/h1-6,8-9H,7H2,(H,20,21)(H,22,23). The quantitative estimate of drug-likeness (QED) is 0.751. The van der Waals surface area contributed by atoms with Crippen LogP contribution in [0.3, 0.4) is 0 Å². The van der Waals surface area contributed by atoms with Crippen LogP contribution in [-0.4, -0.2) is 15.9 Å². The van der Waals surface area contributed by atoms with Gasteiger partial charge in [0, 0.05) is 0 Å². The molecule has 0 saturated carbocycles. The van der Waals surface area contributed by atoms with Gasteiger partial charge in [-0.15, -0.1) is 0 Å². The fourth-order valence-electron chi connectivity index (χ4n) is 1.92. The van der Waals surface area contributed by atoms with E-state index < -0.39 is 23.2 Å². The van der Waals surface area contributed by atoms with Crippen molar-refractivity contribution < 1.29 is 18.0 Å². The summed E-state index contributed by atoms with van der Waals surface area (Å²) in [5, 5.41) is 5.10. The summed E-state index contributed by atoms with van der Waals surface area (Å²) in [5.41, 5.74) is -0.592. The highest BCUT2D eigenvalue weighted by atomic mass is 19.1. The second-order valence-electron chi connectivity index (χ2n) is 4.77. The molecule has 0 radical (unpaired) electrons. The van der Waals surface area contributed by atoms with E-state index in [-0.39, 0.29) is 5.69 Å². The molecule has 6 nitrogen and oxygen atoms in total. The number of benzene rings is 1. The number of carbonyl (C=O) groups is 1. The van der Waals surface area contributed by atoms with E-state index in [1.54, 1.807) is 18.4 Å². The molecule has 2 N–H and O–H groups in total. The number of para-hydroxylation sites is 1. The summed E-state index contributed by atoms with van der Waals surface area (Å²) in [7, 11) is 0. The molecular formula is C16H12F2N4O2. The monoisotopic (exact) mass is 330 g/mol. The number of carbonyl (C=O) groups excluding carboxylic acids is 1. The van der Waals surface area contributed by atoms with Crippen LogP contribution in [0.25, 0.3) is 0 Å². The van der Waals surface area contributed by atoms with E-state index in [2.05, 4.69) is 20.6 Å². The van der Waals surface area contributed by atoms with Gasteiger partial charge in [-0.05, 0) is 24.3 Å². The van der Waals surface area contributed by atoms with Gasteiger partial charge in [0.25, 0.3) is 5.91 Å². The second kappa shape index (κ2) is 6.86. The van der Waals surface area contributed by atoms with E-state index in [0.29, 0.717) is 18.1 Å². The van der Waals surface area contributed by atoms with Crippen LogP contribution >= 0.6 is 0 Å². The molecule has 0 bridgehead atoms. The number of nitrogens with one attached hydrogen (secondary N) is 2. The molecule has 0 fully saturated rings. The summed E-state index contributed by atoms with van der Waals surface area (Å²) in [5.74, 6) is -1.35. The summed E-state index contributed by atoms with van der Waals surface area (Å²) in [6, 6.07) is 6.86. The Hall–Kier alpha value is -3.29. The van der Waals surface area contributed by atoms with Gasteiger partial charge in [0.15, 0.2) is 0 Å². The topological polar surface area (TPSA) is 80.0 Å². The molecular weight excluding hydrogens is 318 g/mol. The zero-order valence-electron chi connectivity index (χ0n) is 12.3. The lowest BCUT2D eigenvalue weighted by Gasteiger charge is -2.07. The first kappa shape index (κ1) is 15.6. The third kappa shape index (κ3) is 3.54. The van der Waals surface area contributed by atoms with Gasteiger partial charge in [-0.1, -0.05) is 6.07 Å². The van der Waals surface area contributed by atoms with Crippen LogP contribution in [0.15, 0.2) is 53.4 Å². The van der Waals surface area contributed by atoms with Gasteiger partial charge < -0.3 is 15.1 Å². The van der Waals surface area contributed by atoms with Crippen molar-refractivity contribution in [3.05, 3.63) is 72.1 Å². The van der Waals surface area contributed by atoms with Crippen molar-refractivity contribution in [2.24, 2.45) is 0 Å². The molecule has 0 aliphatic carbocycles. The highest BCUT2D eigenvalue weighted by Gasteiger charge is 2.14. The Labute approximate surface area is 135 Å². The highest BCUT2D eigenvalue weighted by molar-refractivity contribution is 6.02. The molecule has 1 amide bonds. The first-order valence-electron chi connectivity index (χ1n) is 6.97. The SMILES string of the molecule is O=C(Nc1c(F)cccc1F)c1cnc(NCc2ccco2)cn1. The molecule has 0 unspecified atom stereocenters. The van der Waals surface area contributed by atoms with E-state index in [1.807, 2.05) is 0 Å². The van der Waals surface area contributed by atoms with E-state index in [0.717, 1.165) is 12.1 Å². The van der Waals surface area contributed by atoms with Crippen LogP contribution in [0.5, 0.6) is 0 Å². The molecule has 3 aromatic rings. The van der Waals surface area contributed by atoms with Crippen molar-refractivity contribution in [3.63, 3.8) is 0 Å². The number of nitrogens with zero attached hydrogens (tertiary/aromatic N) is 2. The third-order valence-corrected chi connectivity index (χ3v) is 3.11. The average Bonchev–Trinajstić information content (AvgIpc) is 3.10. The van der Waals surface area contributed by atoms with Crippen LogP contribution in [0.2, 0.25) is 0 Å². The number of halogens is 2. The number of furan rings is 1. The zero-order chi connectivity index (χ0) is 16.9. The molecule has 3 rings (SSSR count). The summed E-state index contributed by atoms with van der Waals surface area (Å²) in [6.07, 6.45) is 4.10. The largest absolute Gasteiger partial charge is 0.467 e. The number of hydrogen-bond donors (Lipinski definition) is 2. The number of aromatic nitrogens is 2. The first-order valence-corrected chi connectivity index (χ1v) is 6.97. The van der Waals surface area contributed by atoms with Gasteiger partial charge in [0.2, 0.25) is 0 Å². The van der Waals surface area contributed by atoms with Gasteiger partial charge in [0.1, 0.15) is 34.6 Å². The fourth-order valence-corrected chi connectivity index (χ4v) is 1.92. The third-order valence-electron chi connectivity index (χ3n) is 3.11. The number of amides is 1. The number of hydrogen-bond acceptors (Lipinski definition) is 5. The number of rotatable bonds is 5. The Morgan fingerprint density at radius 2 is 1.88 bits per heavy atom. The van der Waals surface area contributed by atoms with Crippen LogP contribution < -0.4 is 10.6 Å². The van der Waals surface area contributed by atoms with Crippen molar-refractivity contribution in [2.45, 2.75) is 6.54 Å². The maximum atomic E-state index is 13.5. The zero-order valence-corrected chi connectivity index (χ0v) is 12.3. The molecule has 8 heteroatoms. The minimum Gasteiger partial charge on any atom is -0.467 e. The predicted molar refractivity (Wildman–Crippen MR) is 82.4 cm³/mol. The van der Waals surface area contributed by atoms with E-state index in [1.165, 1.54) is 18.5 Å². The Morgan fingerprint density at radius 3 is 2.50 bits per heavy atom. The van der Waals surface area contributed by atoms with Crippen molar-refractivity contribution >= 4 is 17.4 Å². The van der Waals surface area contributed by atoms with Crippen LogP contribution in [0, 0.1) is 11.6 Å². The minimum absolute atomic E-state index is 0.0683. The molecule has 0 atom stereocenters. The summed E-state index contributed by atoms with van der Waals surface area (Å²) >= 11 is 0. The molecule has 1 aromatic carbocycles. The lowest BCUT2D eigenvalue weighted by atomic mass is 10.3. The fraction of sp³-hybridized carbons (Fsp3) is 0.0625. The van der Waals surface area contributed by atoms with Gasteiger partial charge in [-0.3, -0.25) is 4.79 Å². The predicted octanol–water partition coefficient (Wildman–Crippen LogP) is 3.21. The van der Waals surface area contributed by atoms with E-state index >= 15 is 0 Å². The number of anilines is 2. The molecule has 24 heavy (non-hydrogen) atoms. The van der Waals surface area contributed by atoms with E-state index in [4.69, 9.17) is 4.42 Å². The van der Waals surface area contributed by atoms with Gasteiger partial charge >= 0.3 is 0 Å². The van der Waals surface area contributed by atoms with Gasteiger partial charge in [0.05, 0.1) is 25.2 Å². The smallest absolute Gasteiger partial charge is 0.276 e. The molecule has 0 aliphatic heterocycles. The summed E-state index contributed by atoms with van der Waals surface area (Å²) in [6.45, 7) is 0.410.